The summed E-state index contributed by atoms with van der Waals surface area (Å²) in [5, 5.41) is 3.06. The van der Waals surface area contributed by atoms with Gasteiger partial charge in [0.2, 0.25) is 5.91 Å². The summed E-state index contributed by atoms with van der Waals surface area (Å²) in [4.78, 5) is 14.1. The Bertz CT molecular complexity index is 408. The minimum Gasteiger partial charge on any atom is -0.352 e. The van der Waals surface area contributed by atoms with Crippen molar-refractivity contribution >= 4 is 15.7 Å². The summed E-state index contributed by atoms with van der Waals surface area (Å²) in [6.07, 6.45) is 1.90. The smallest absolute Gasteiger partial charge is 0.220 e. The molecular formula is C14H28N2O3S. The van der Waals surface area contributed by atoms with E-state index in [1.807, 2.05) is 14.1 Å². The van der Waals surface area contributed by atoms with Gasteiger partial charge >= 0.3 is 0 Å². The summed E-state index contributed by atoms with van der Waals surface area (Å²) in [7, 11) is 1.08. The molecule has 1 rings (SSSR count). The normalized spacial score (nSPS) is 23.2. The van der Waals surface area contributed by atoms with Gasteiger partial charge in [-0.25, -0.2) is 8.42 Å². The molecule has 0 aliphatic carbocycles. The van der Waals surface area contributed by atoms with Crippen LogP contribution in [0.5, 0.6) is 0 Å². The minimum absolute atomic E-state index is 0.000874. The Labute approximate surface area is 123 Å². The number of carbonyl (C=O) groups excluding carboxylic acids is 1. The summed E-state index contributed by atoms with van der Waals surface area (Å²) >= 11 is 0. The largest absolute Gasteiger partial charge is 0.352 e. The number of amides is 1. The van der Waals surface area contributed by atoms with E-state index in [9.17, 15) is 13.2 Å². The van der Waals surface area contributed by atoms with Gasteiger partial charge in [-0.3, -0.25) is 4.79 Å². The highest BCUT2D eigenvalue weighted by atomic mass is 32.2. The molecule has 0 spiro atoms. The standard InChI is InChI=1S/C14H28N2O3S/c1-11(2)7-13(9-16(3)4)15-14(17)8-12-5-6-20(18,19)10-12/h11-13H,5-10H2,1-4H3,(H,15,17). The van der Waals surface area contributed by atoms with Gasteiger partial charge in [-0.2, -0.15) is 0 Å². The monoisotopic (exact) mass is 304 g/mol. The van der Waals surface area contributed by atoms with E-state index in [0.29, 0.717) is 18.8 Å². The highest BCUT2D eigenvalue weighted by molar-refractivity contribution is 7.91. The van der Waals surface area contributed by atoms with Crippen LogP contribution in [0.1, 0.15) is 33.1 Å². The molecule has 1 aliphatic heterocycles. The Morgan fingerprint density at radius 3 is 2.45 bits per heavy atom. The third-order valence-corrected chi connectivity index (χ3v) is 5.34. The Kier molecular flexibility index (Phi) is 6.45. The zero-order valence-corrected chi connectivity index (χ0v) is 13.9. The third kappa shape index (κ3) is 6.70. The quantitative estimate of drug-likeness (QED) is 0.759. The lowest BCUT2D eigenvalue weighted by Crippen LogP contribution is -2.43. The van der Waals surface area contributed by atoms with Crippen LogP contribution in [0.25, 0.3) is 0 Å². The third-order valence-electron chi connectivity index (χ3n) is 3.51. The van der Waals surface area contributed by atoms with Crippen LogP contribution in [0, 0.1) is 11.8 Å². The number of nitrogens with one attached hydrogen (secondary N) is 1. The Hall–Kier alpha value is -0.620. The van der Waals surface area contributed by atoms with E-state index >= 15 is 0 Å². The van der Waals surface area contributed by atoms with Crippen molar-refractivity contribution in [2.45, 2.75) is 39.2 Å². The molecule has 0 aromatic heterocycles. The predicted octanol–water partition coefficient (Wildman–Crippen LogP) is 0.904. The van der Waals surface area contributed by atoms with Crippen LogP contribution < -0.4 is 5.32 Å². The fraction of sp³-hybridized carbons (Fsp3) is 0.929. The average molecular weight is 304 g/mol. The second-order valence-electron chi connectivity index (χ2n) is 6.63. The van der Waals surface area contributed by atoms with Gasteiger partial charge in [0, 0.05) is 19.0 Å². The highest BCUT2D eigenvalue weighted by Gasteiger charge is 2.29. The zero-order valence-electron chi connectivity index (χ0n) is 13.1. The maximum Gasteiger partial charge on any atom is 0.220 e. The number of hydrogen-bond donors (Lipinski definition) is 1. The summed E-state index contributed by atoms with van der Waals surface area (Å²) in [6, 6.07) is 0.135. The Morgan fingerprint density at radius 1 is 1.35 bits per heavy atom. The number of likely N-dealkylation sites (N-methyl/N-ethyl adjacent to an activating group) is 1. The van der Waals surface area contributed by atoms with E-state index in [2.05, 4.69) is 24.1 Å². The van der Waals surface area contributed by atoms with E-state index < -0.39 is 9.84 Å². The number of hydrogen-bond acceptors (Lipinski definition) is 4. The molecule has 1 amide bonds. The Morgan fingerprint density at radius 2 is 2.00 bits per heavy atom. The van der Waals surface area contributed by atoms with Gasteiger partial charge in [-0.1, -0.05) is 13.8 Å². The first kappa shape index (κ1) is 17.4. The lowest BCUT2D eigenvalue weighted by molar-refractivity contribution is -0.122. The maximum absolute atomic E-state index is 12.1. The first-order chi connectivity index (χ1) is 9.18. The van der Waals surface area contributed by atoms with Crippen LogP contribution in [-0.2, 0) is 14.6 Å². The molecule has 1 saturated heterocycles. The molecule has 20 heavy (non-hydrogen) atoms. The molecule has 0 aromatic rings. The fourth-order valence-corrected chi connectivity index (χ4v) is 4.63. The van der Waals surface area contributed by atoms with Crippen molar-refractivity contribution in [2.24, 2.45) is 11.8 Å². The highest BCUT2D eigenvalue weighted by Crippen LogP contribution is 2.21. The van der Waals surface area contributed by atoms with E-state index in [1.54, 1.807) is 0 Å². The van der Waals surface area contributed by atoms with Crippen LogP contribution in [0.4, 0.5) is 0 Å². The topological polar surface area (TPSA) is 66.5 Å². The first-order valence-corrected chi connectivity index (χ1v) is 9.14. The molecule has 1 N–H and O–H groups in total. The van der Waals surface area contributed by atoms with Crippen molar-refractivity contribution in [3.8, 4) is 0 Å². The van der Waals surface area contributed by atoms with Crippen molar-refractivity contribution < 1.29 is 13.2 Å². The molecule has 0 radical (unpaired) electrons. The zero-order chi connectivity index (χ0) is 15.3. The lowest BCUT2D eigenvalue weighted by atomic mass is 10.0. The molecule has 2 atom stereocenters. The number of rotatable bonds is 7. The summed E-state index contributed by atoms with van der Waals surface area (Å²) in [5.41, 5.74) is 0. The summed E-state index contributed by atoms with van der Waals surface area (Å²) < 4.78 is 22.8. The summed E-state index contributed by atoms with van der Waals surface area (Å²) in [6.45, 7) is 5.09. The van der Waals surface area contributed by atoms with Gasteiger partial charge in [0.25, 0.3) is 0 Å². The average Bonchev–Trinajstić information content (AvgIpc) is 2.55. The molecule has 1 fully saturated rings. The lowest BCUT2D eigenvalue weighted by Gasteiger charge is -2.24. The SMILES string of the molecule is CC(C)CC(CN(C)C)NC(=O)CC1CCS(=O)(=O)C1. The van der Waals surface area contributed by atoms with Crippen LogP contribution in [0.2, 0.25) is 0 Å². The molecule has 0 aromatic carbocycles. The molecule has 5 nitrogen and oxygen atoms in total. The number of nitrogens with zero attached hydrogens (tertiary/aromatic N) is 1. The molecule has 0 bridgehead atoms. The number of carbonyl (C=O) groups is 1. The van der Waals surface area contributed by atoms with Crippen molar-refractivity contribution in [3.05, 3.63) is 0 Å². The number of sulfone groups is 1. The Balaban J connectivity index is 2.45. The van der Waals surface area contributed by atoms with Crippen LogP contribution in [0.3, 0.4) is 0 Å². The van der Waals surface area contributed by atoms with Crippen LogP contribution >= 0.6 is 0 Å². The molecule has 1 heterocycles. The van der Waals surface area contributed by atoms with Gasteiger partial charge in [0.05, 0.1) is 11.5 Å². The van der Waals surface area contributed by atoms with Crippen molar-refractivity contribution in [1.29, 1.82) is 0 Å². The van der Waals surface area contributed by atoms with Gasteiger partial charge in [-0.05, 0) is 38.8 Å². The van der Waals surface area contributed by atoms with Crippen LogP contribution in [-0.4, -0.2) is 57.4 Å². The van der Waals surface area contributed by atoms with E-state index in [4.69, 9.17) is 0 Å². The van der Waals surface area contributed by atoms with Gasteiger partial charge in [0.1, 0.15) is 0 Å². The van der Waals surface area contributed by atoms with E-state index in [1.165, 1.54) is 0 Å². The molecule has 118 valence electrons. The molecular weight excluding hydrogens is 276 g/mol. The van der Waals surface area contributed by atoms with E-state index in [-0.39, 0.29) is 29.4 Å². The van der Waals surface area contributed by atoms with Gasteiger partial charge in [0.15, 0.2) is 9.84 Å². The second-order valence-corrected chi connectivity index (χ2v) is 8.86. The van der Waals surface area contributed by atoms with Crippen LogP contribution in [0.15, 0.2) is 0 Å². The second kappa shape index (κ2) is 7.41. The van der Waals surface area contributed by atoms with Gasteiger partial charge < -0.3 is 10.2 Å². The molecule has 2 unspecified atom stereocenters. The fourth-order valence-electron chi connectivity index (χ4n) is 2.77. The minimum atomic E-state index is -2.90. The predicted molar refractivity (Wildman–Crippen MR) is 81.3 cm³/mol. The van der Waals surface area contributed by atoms with Crippen molar-refractivity contribution in [3.63, 3.8) is 0 Å². The van der Waals surface area contributed by atoms with E-state index in [0.717, 1.165) is 13.0 Å². The molecule has 0 saturated carbocycles. The van der Waals surface area contributed by atoms with Crippen molar-refractivity contribution in [1.82, 2.24) is 10.2 Å². The first-order valence-electron chi connectivity index (χ1n) is 7.32. The maximum atomic E-state index is 12.1. The molecule has 1 aliphatic rings. The van der Waals surface area contributed by atoms with Gasteiger partial charge in [-0.15, -0.1) is 0 Å². The molecule has 6 heteroatoms. The summed E-state index contributed by atoms with van der Waals surface area (Å²) in [5.74, 6) is 0.909. The van der Waals surface area contributed by atoms with Crippen molar-refractivity contribution in [2.75, 3.05) is 32.1 Å².